The Hall–Kier alpha value is -4.76. The minimum absolute atomic E-state index is 0.0266. The molecule has 1 aliphatic rings. The molecule has 0 aliphatic carbocycles. The van der Waals surface area contributed by atoms with Crippen LogP contribution in [-0.2, 0) is 11.7 Å². The van der Waals surface area contributed by atoms with Gasteiger partial charge in [0.1, 0.15) is 17.2 Å². The van der Waals surface area contributed by atoms with Crippen LogP contribution in [-0.4, -0.2) is 21.6 Å². The van der Waals surface area contributed by atoms with Crippen molar-refractivity contribution in [3.05, 3.63) is 105 Å². The molecule has 0 fully saturated rings. The fraction of sp³-hybridized carbons (Fsp3) is 0.172. The first-order valence-electron chi connectivity index (χ1n) is 12.3. The molecular formula is C29H19ClF5N5O2. The lowest BCUT2D eigenvalue weighted by Crippen LogP contribution is -2.24. The van der Waals surface area contributed by atoms with Gasteiger partial charge in [0.15, 0.2) is 0 Å². The molecule has 0 saturated carbocycles. The predicted molar refractivity (Wildman–Crippen MR) is 143 cm³/mol. The molecule has 1 atom stereocenters. The monoisotopic (exact) mass is 599 g/mol. The highest BCUT2D eigenvalue weighted by atomic mass is 35.5. The van der Waals surface area contributed by atoms with E-state index in [1.165, 1.54) is 29.1 Å². The van der Waals surface area contributed by atoms with Gasteiger partial charge in [0, 0.05) is 44.7 Å². The maximum atomic E-state index is 14.2. The minimum atomic E-state index is -4.91. The molecule has 0 saturated heterocycles. The summed E-state index contributed by atoms with van der Waals surface area (Å²) in [4.78, 5) is 26.4. The van der Waals surface area contributed by atoms with E-state index >= 15 is 0 Å². The van der Waals surface area contributed by atoms with Crippen molar-refractivity contribution in [2.45, 2.75) is 31.6 Å². The van der Waals surface area contributed by atoms with E-state index in [-0.39, 0.29) is 33.5 Å². The zero-order valence-corrected chi connectivity index (χ0v) is 22.5. The van der Waals surface area contributed by atoms with Gasteiger partial charge in [-0.15, -0.1) is 0 Å². The summed E-state index contributed by atoms with van der Waals surface area (Å²) < 4.78 is 69.6. The smallest absolute Gasteiger partial charge is 0.341 e. The van der Waals surface area contributed by atoms with Crippen LogP contribution in [0.3, 0.4) is 0 Å². The molecule has 0 spiro atoms. The number of benzene rings is 3. The summed E-state index contributed by atoms with van der Waals surface area (Å²) in [6.07, 6.45) is -1.93. The second-order valence-electron chi connectivity index (χ2n) is 10.1. The van der Waals surface area contributed by atoms with Gasteiger partial charge in [0.2, 0.25) is 0 Å². The lowest BCUT2D eigenvalue weighted by Gasteiger charge is -2.19. The van der Waals surface area contributed by atoms with Crippen molar-refractivity contribution in [2.75, 3.05) is 5.32 Å². The molecular weight excluding hydrogens is 581 g/mol. The number of nitriles is 1. The highest BCUT2D eigenvalue weighted by Crippen LogP contribution is 2.42. The van der Waals surface area contributed by atoms with Crippen molar-refractivity contribution in [3.8, 4) is 17.2 Å². The van der Waals surface area contributed by atoms with Crippen LogP contribution in [0, 0.1) is 23.0 Å². The Morgan fingerprint density at radius 2 is 1.81 bits per heavy atom. The van der Waals surface area contributed by atoms with Crippen molar-refractivity contribution >= 4 is 29.1 Å². The first kappa shape index (κ1) is 28.8. The topological polar surface area (TPSA) is 99.8 Å². The van der Waals surface area contributed by atoms with E-state index in [9.17, 15) is 36.8 Å². The molecule has 2 amide bonds. The van der Waals surface area contributed by atoms with Crippen molar-refractivity contribution < 1.29 is 31.5 Å². The van der Waals surface area contributed by atoms with Crippen molar-refractivity contribution in [3.63, 3.8) is 0 Å². The number of amides is 2. The Morgan fingerprint density at radius 3 is 2.50 bits per heavy atom. The molecule has 2 heterocycles. The summed E-state index contributed by atoms with van der Waals surface area (Å²) in [7, 11) is 0. The molecule has 0 bridgehead atoms. The molecule has 3 aromatic carbocycles. The zero-order chi connectivity index (χ0) is 30.6. The Labute approximate surface area is 240 Å². The van der Waals surface area contributed by atoms with Gasteiger partial charge in [-0.2, -0.15) is 23.5 Å². The molecule has 7 nitrogen and oxygen atoms in total. The number of hydrogen-bond donors (Lipinski definition) is 2. The van der Waals surface area contributed by atoms with Gasteiger partial charge >= 0.3 is 6.18 Å². The van der Waals surface area contributed by atoms with E-state index in [1.807, 2.05) is 0 Å². The quantitative estimate of drug-likeness (QED) is 0.245. The number of carbonyl (C=O) groups is 2. The molecule has 13 heteroatoms. The number of carbonyl (C=O) groups excluding carboxylic acids is 2. The third-order valence-corrected chi connectivity index (χ3v) is 7.10. The van der Waals surface area contributed by atoms with Crippen LogP contribution in [0.1, 0.15) is 57.3 Å². The number of alkyl halides is 3. The SMILES string of the molecule is CC(C)(C#N)n1cc(-c2cc(NC(=O)c3cc(F)cc(C(F)(F)F)c3)c3c(c2)C(=O)N[C@@H]3c2cc(F)ccc2Cl)cn1. The van der Waals surface area contributed by atoms with Gasteiger partial charge in [0.25, 0.3) is 11.8 Å². The largest absolute Gasteiger partial charge is 0.416 e. The Morgan fingerprint density at radius 1 is 1.07 bits per heavy atom. The predicted octanol–water partition coefficient (Wildman–Crippen LogP) is 6.84. The Kier molecular flexibility index (Phi) is 7.02. The second-order valence-corrected chi connectivity index (χ2v) is 10.5. The maximum Gasteiger partial charge on any atom is 0.416 e. The molecule has 1 aromatic heterocycles. The van der Waals surface area contributed by atoms with Crippen LogP contribution in [0.4, 0.5) is 27.6 Å². The molecule has 0 unspecified atom stereocenters. The molecule has 2 N–H and O–H groups in total. The van der Waals surface area contributed by atoms with E-state index < -0.39 is 52.3 Å². The molecule has 42 heavy (non-hydrogen) atoms. The summed E-state index contributed by atoms with van der Waals surface area (Å²) in [5.74, 6) is -3.61. The van der Waals surface area contributed by atoms with Crippen molar-refractivity contribution in [2.24, 2.45) is 0 Å². The van der Waals surface area contributed by atoms with Gasteiger partial charge in [-0.3, -0.25) is 14.3 Å². The van der Waals surface area contributed by atoms with Crippen LogP contribution in [0.15, 0.2) is 60.9 Å². The van der Waals surface area contributed by atoms with E-state index in [0.29, 0.717) is 23.3 Å². The van der Waals surface area contributed by atoms with Crippen molar-refractivity contribution in [1.29, 1.82) is 5.26 Å². The normalized spacial score (nSPS) is 14.7. The number of aromatic nitrogens is 2. The van der Waals surface area contributed by atoms with E-state index in [0.717, 1.165) is 12.1 Å². The second kappa shape index (κ2) is 10.3. The summed E-state index contributed by atoms with van der Waals surface area (Å²) in [6.45, 7) is 3.26. The van der Waals surface area contributed by atoms with E-state index in [2.05, 4.69) is 21.8 Å². The van der Waals surface area contributed by atoms with Crippen LogP contribution >= 0.6 is 11.6 Å². The Balaban J connectivity index is 1.67. The first-order valence-corrected chi connectivity index (χ1v) is 12.7. The highest BCUT2D eigenvalue weighted by Gasteiger charge is 2.36. The molecule has 1 aliphatic heterocycles. The third kappa shape index (κ3) is 5.31. The zero-order valence-electron chi connectivity index (χ0n) is 21.8. The highest BCUT2D eigenvalue weighted by molar-refractivity contribution is 6.31. The number of hydrogen-bond acceptors (Lipinski definition) is 4. The van der Waals surface area contributed by atoms with Crippen LogP contribution < -0.4 is 10.6 Å². The minimum Gasteiger partial charge on any atom is -0.341 e. The molecule has 214 valence electrons. The number of anilines is 1. The van der Waals surface area contributed by atoms with Gasteiger partial charge in [-0.25, -0.2) is 8.78 Å². The standard InChI is InChI=1S/C29H19ClF5N5O2/c1-28(2,13-36)40-12-16(11-37-40)14-7-21-24(25(39-27(21)42)20-10-18(31)3-4-22(20)30)23(8-14)38-26(41)15-5-17(29(33,34)35)9-19(32)6-15/h3-12,25H,1-2H3,(H,38,41)(H,39,42)/t25-/m1/s1. The van der Waals surface area contributed by atoms with Gasteiger partial charge in [-0.05, 0) is 67.9 Å². The number of halogens is 6. The average Bonchev–Trinajstić information content (AvgIpc) is 3.55. The van der Waals surface area contributed by atoms with Crippen LogP contribution in [0.25, 0.3) is 11.1 Å². The number of nitrogens with one attached hydrogen (secondary N) is 2. The van der Waals surface area contributed by atoms with Gasteiger partial charge < -0.3 is 10.6 Å². The lowest BCUT2D eigenvalue weighted by molar-refractivity contribution is -0.137. The maximum absolute atomic E-state index is 14.2. The molecule has 5 rings (SSSR count). The van der Waals surface area contributed by atoms with Gasteiger partial charge in [-0.1, -0.05) is 11.6 Å². The summed E-state index contributed by atoms with van der Waals surface area (Å²) in [6, 6.07) is 8.94. The summed E-state index contributed by atoms with van der Waals surface area (Å²) in [5.41, 5.74) is -1.82. The average molecular weight is 600 g/mol. The molecule has 0 radical (unpaired) electrons. The van der Waals surface area contributed by atoms with E-state index in [1.54, 1.807) is 20.0 Å². The van der Waals surface area contributed by atoms with Crippen molar-refractivity contribution in [1.82, 2.24) is 15.1 Å². The van der Waals surface area contributed by atoms with Crippen LogP contribution in [0.5, 0.6) is 0 Å². The lowest BCUT2D eigenvalue weighted by atomic mass is 9.93. The Bertz CT molecular complexity index is 1810. The fourth-order valence-electron chi connectivity index (χ4n) is 4.58. The number of rotatable bonds is 5. The summed E-state index contributed by atoms with van der Waals surface area (Å²) >= 11 is 6.32. The number of nitrogens with zero attached hydrogens (tertiary/aromatic N) is 3. The first-order chi connectivity index (χ1) is 19.7. The number of fused-ring (bicyclic) bond motifs is 1. The third-order valence-electron chi connectivity index (χ3n) is 6.76. The van der Waals surface area contributed by atoms with Gasteiger partial charge in [0.05, 0.1) is 23.9 Å². The molecule has 4 aromatic rings. The fourth-order valence-corrected chi connectivity index (χ4v) is 4.81. The van der Waals surface area contributed by atoms with E-state index in [4.69, 9.17) is 11.6 Å². The summed E-state index contributed by atoms with van der Waals surface area (Å²) in [5, 5.41) is 19.0. The van der Waals surface area contributed by atoms with Crippen LogP contribution in [0.2, 0.25) is 5.02 Å².